The number of nitrogens with zero attached hydrogens (tertiary/aromatic N) is 1. The number of furan rings is 2. The lowest BCUT2D eigenvalue weighted by molar-refractivity contribution is 0.0234. The van der Waals surface area contributed by atoms with Crippen molar-refractivity contribution in [2.45, 2.75) is 25.5 Å². The molecule has 1 aliphatic heterocycles. The van der Waals surface area contributed by atoms with E-state index in [0.717, 1.165) is 45.2 Å². The van der Waals surface area contributed by atoms with Gasteiger partial charge in [-0.25, -0.2) is 5.06 Å². The fourth-order valence-corrected chi connectivity index (χ4v) is 5.04. The molecule has 0 spiro atoms. The molecule has 0 aliphatic carbocycles. The second-order valence-electron chi connectivity index (χ2n) is 8.68. The van der Waals surface area contributed by atoms with E-state index < -0.39 is 0 Å². The highest BCUT2D eigenvalue weighted by molar-refractivity contribution is 6.30. The van der Waals surface area contributed by atoms with Gasteiger partial charge < -0.3 is 8.83 Å². The van der Waals surface area contributed by atoms with E-state index in [2.05, 4.69) is 24.3 Å². The highest BCUT2D eigenvalue weighted by Gasteiger charge is 2.39. The van der Waals surface area contributed by atoms with Crippen LogP contribution in [0.3, 0.4) is 0 Å². The lowest BCUT2D eigenvalue weighted by atomic mass is 9.92. The van der Waals surface area contributed by atoms with Crippen molar-refractivity contribution in [1.82, 2.24) is 0 Å². The Balaban J connectivity index is 1.62. The number of aryl methyl sites for hydroxylation is 1. The average molecular weight is 482 g/mol. The summed E-state index contributed by atoms with van der Waals surface area (Å²) in [6.07, 6.45) is 2.13. The molecule has 0 saturated heterocycles. The van der Waals surface area contributed by atoms with Crippen LogP contribution >= 0.6 is 11.6 Å². The van der Waals surface area contributed by atoms with Gasteiger partial charge in [-0.3, -0.25) is 4.84 Å². The number of halogens is 1. The number of hydrogen-bond acceptors (Lipinski definition) is 4. The minimum atomic E-state index is -0.375. The zero-order valence-corrected chi connectivity index (χ0v) is 20.0. The zero-order chi connectivity index (χ0) is 23.8. The third-order valence-corrected chi connectivity index (χ3v) is 6.71. The first-order valence-corrected chi connectivity index (χ1v) is 12.0. The van der Waals surface area contributed by atoms with Crippen LogP contribution in [0.5, 0.6) is 0 Å². The van der Waals surface area contributed by atoms with Gasteiger partial charge in [-0.1, -0.05) is 78.3 Å². The Hall–Kier alpha value is -3.73. The maximum Gasteiger partial charge on any atom is 0.143 e. The van der Waals surface area contributed by atoms with E-state index in [1.807, 2.05) is 84.8 Å². The van der Waals surface area contributed by atoms with Crippen molar-refractivity contribution in [3.63, 3.8) is 0 Å². The van der Waals surface area contributed by atoms with Crippen LogP contribution < -0.4 is 5.06 Å². The van der Waals surface area contributed by atoms with Gasteiger partial charge in [0.1, 0.15) is 29.4 Å². The van der Waals surface area contributed by atoms with Crippen LogP contribution in [-0.2, 0) is 11.3 Å². The molecule has 2 atom stereocenters. The number of rotatable bonds is 4. The van der Waals surface area contributed by atoms with Gasteiger partial charge >= 0.3 is 0 Å². The number of hydrogen-bond donors (Lipinski definition) is 0. The van der Waals surface area contributed by atoms with E-state index >= 15 is 0 Å². The number of anilines is 1. The molecule has 4 nitrogen and oxygen atoms in total. The molecular formula is C30H24ClNO3. The van der Waals surface area contributed by atoms with Crippen LogP contribution in [0.1, 0.15) is 40.4 Å². The van der Waals surface area contributed by atoms with Gasteiger partial charge in [-0.2, -0.15) is 0 Å². The summed E-state index contributed by atoms with van der Waals surface area (Å²) in [5.41, 5.74) is 5.11. The van der Waals surface area contributed by atoms with Crippen molar-refractivity contribution in [3.8, 4) is 11.3 Å². The number of benzene rings is 3. The monoisotopic (exact) mass is 481 g/mol. The quantitative estimate of drug-likeness (QED) is 0.258. The highest BCUT2D eigenvalue weighted by atomic mass is 35.5. The maximum absolute atomic E-state index is 6.83. The predicted octanol–water partition coefficient (Wildman–Crippen LogP) is 8.33. The molecule has 2 aromatic heterocycles. The van der Waals surface area contributed by atoms with Crippen molar-refractivity contribution in [1.29, 1.82) is 0 Å². The SMILES string of the molecule is Cc1oc(-c2ccccc2)c2c1C[C@H](c1ccccc1)ON(c1cccc(Cl)c1)[C@@H]2c1ccco1. The predicted molar refractivity (Wildman–Crippen MR) is 137 cm³/mol. The van der Waals surface area contributed by atoms with Crippen LogP contribution in [0.4, 0.5) is 5.69 Å². The van der Waals surface area contributed by atoms with Gasteiger partial charge in [0.2, 0.25) is 0 Å². The minimum Gasteiger partial charge on any atom is -0.467 e. The fourth-order valence-electron chi connectivity index (χ4n) is 4.86. The molecule has 0 radical (unpaired) electrons. The summed E-state index contributed by atoms with van der Waals surface area (Å²) >= 11 is 6.44. The van der Waals surface area contributed by atoms with E-state index in [0.29, 0.717) is 11.4 Å². The molecule has 0 bridgehead atoms. The Bertz CT molecular complexity index is 1430. The molecule has 1 aliphatic rings. The van der Waals surface area contributed by atoms with Crippen LogP contribution in [0.25, 0.3) is 11.3 Å². The van der Waals surface area contributed by atoms with Crippen molar-refractivity contribution in [2.75, 3.05) is 5.06 Å². The first kappa shape index (κ1) is 21.8. The number of hydroxylamine groups is 1. The second kappa shape index (κ2) is 9.14. The Morgan fingerprint density at radius 1 is 0.857 bits per heavy atom. The van der Waals surface area contributed by atoms with Crippen LogP contribution in [0, 0.1) is 6.92 Å². The van der Waals surface area contributed by atoms with E-state index in [4.69, 9.17) is 25.3 Å². The van der Waals surface area contributed by atoms with Crippen LogP contribution in [-0.4, -0.2) is 0 Å². The van der Waals surface area contributed by atoms with Gasteiger partial charge in [0.25, 0.3) is 0 Å². The smallest absolute Gasteiger partial charge is 0.143 e. The standard InChI is InChI=1S/C30H24ClNO3/c1-20-25-19-27(21-10-4-2-5-11-21)35-32(24-15-8-14-23(31)18-24)29(26-16-9-17-33-26)28(25)30(34-20)22-12-6-3-7-13-22/h2-18,27,29H,19H2,1H3/t27-,29-/m1/s1. The van der Waals surface area contributed by atoms with Crippen LogP contribution in [0.2, 0.25) is 5.02 Å². The van der Waals surface area contributed by atoms with E-state index in [9.17, 15) is 0 Å². The molecule has 0 unspecified atom stereocenters. The van der Waals surface area contributed by atoms with Crippen molar-refractivity contribution in [2.24, 2.45) is 0 Å². The fraction of sp³-hybridized carbons (Fsp3) is 0.133. The molecule has 0 N–H and O–H groups in total. The average Bonchev–Trinajstić information content (AvgIpc) is 3.49. The summed E-state index contributed by atoms with van der Waals surface area (Å²) in [6, 6.07) is 31.7. The molecule has 6 rings (SSSR count). The Morgan fingerprint density at radius 3 is 2.34 bits per heavy atom. The normalized spacial score (nSPS) is 17.7. The summed E-state index contributed by atoms with van der Waals surface area (Å²) in [7, 11) is 0. The largest absolute Gasteiger partial charge is 0.467 e. The van der Waals surface area contributed by atoms with Crippen LogP contribution in [0.15, 0.2) is 112 Å². The third kappa shape index (κ3) is 4.05. The van der Waals surface area contributed by atoms with E-state index in [1.165, 1.54) is 0 Å². The molecular weight excluding hydrogens is 458 g/mol. The van der Waals surface area contributed by atoms with E-state index in [1.54, 1.807) is 6.26 Å². The molecule has 35 heavy (non-hydrogen) atoms. The van der Waals surface area contributed by atoms with Crippen molar-refractivity contribution < 1.29 is 13.7 Å². The molecule has 174 valence electrons. The summed E-state index contributed by atoms with van der Waals surface area (Å²) in [6.45, 7) is 2.03. The van der Waals surface area contributed by atoms with E-state index in [-0.39, 0.29) is 12.1 Å². The molecule has 0 amide bonds. The second-order valence-corrected chi connectivity index (χ2v) is 9.11. The Morgan fingerprint density at radius 2 is 1.63 bits per heavy atom. The molecule has 0 saturated carbocycles. The Kier molecular flexibility index (Phi) is 5.69. The zero-order valence-electron chi connectivity index (χ0n) is 19.2. The molecule has 3 aromatic carbocycles. The highest BCUT2D eigenvalue weighted by Crippen LogP contribution is 2.48. The lowest BCUT2D eigenvalue weighted by Gasteiger charge is -2.32. The number of fused-ring (bicyclic) bond motifs is 1. The molecule has 3 heterocycles. The van der Waals surface area contributed by atoms with Crippen molar-refractivity contribution in [3.05, 3.63) is 137 Å². The lowest BCUT2D eigenvalue weighted by Crippen LogP contribution is -2.30. The third-order valence-electron chi connectivity index (χ3n) is 6.47. The molecule has 5 aromatic rings. The summed E-state index contributed by atoms with van der Waals surface area (Å²) in [5, 5.41) is 2.56. The van der Waals surface area contributed by atoms with Gasteiger partial charge in [-0.15, -0.1) is 0 Å². The summed E-state index contributed by atoms with van der Waals surface area (Å²) < 4.78 is 12.5. The first-order chi connectivity index (χ1) is 17.2. The Labute approximate surface area is 209 Å². The van der Waals surface area contributed by atoms with Gasteiger partial charge in [0.15, 0.2) is 0 Å². The van der Waals surface area contributed by atoms with Gasteiger partial charge in [-0.05, 0) is 42.8 Å². The summed E-state index contributed by atoms with van der Waals surface area (Å²) in [5.74, 6) is 2.47. The topological polar surface area (TPSA) is 38.8 Å². The summed E-state index contributed by atoms with van der Waals surface area (Å²) in [4.78, 5) is 6.83. The van der Waals surface area contributed by atoms with Gasteiger partial charge in [0.05, 0.1) is 12.0 Å². The maximum atomic E-state index is 6.83. The first-order valence-electron chi connectivity index (χ1n) is 11.7. The van der Waals surface area contributed by atoms with Crippen molar-refractivity contribution >= 4 is 17.3 Å². The van der Waals surface area contributed by atoms with Gasteiger partial charge in [0, 0.05) is 28.1 Å². The molecule has 5 heteroatoms. The molecule has 0 fully saturated rings. The minimum absolute atomic E-state index is 0.228.